The minimum atomic E-state index is -0.357. The molecule has 2 heterocycles. The number of rotatable bonds is 4. The second-order valence-electron chi connectivity index (χ2n) is 6.05. The third-order valence-electron chi connectivity index (χ3n) is 4.22. The van der Waals surface area contributed by atoms with E-state index in [9.17, 15) is 9.18 Å². The van der Waals surface area contributed by atoms with Crippen LogP contribution in [0, 0.1) is 5.82 Å². The number of nitrogens with zero attached hydrogens (tertiary/aromatic N) is 4. The van der Waals surface area contributed by atoms with Crippen LogP contribution in [0.1, 0.15) is 5.56 Å². The van der Waals surface area contributed by atoms with Crippen molar-refractivity contribution in [1.82, 2.24) is 19.4 Å². The van der Waals surface area contributed by atoms with Crippen LogP contribution in [0.3, 0.4) is 0 Å². The van der Waals surface area contributed by atoms with Crippen molar-refractivity contribution in [2.45, 2.75) is 6.54 Å². The highest BCUT2D eigenvalue weighted by molar-refractivity contribution is 6.30. The van der Waals surface area contributed by atoms with E-state index in [-0.39, 0.29) is 11.4 Å². The molecule has 4 rings (SSSR count). The summed E-state index contributed by atoms with van der Waals surface area (Å²) in [4.78, 5) is 17.6. The molecule has 0 aliphatic carbocycles. The Morgan fingerprint density at radius 2 is 1.81 bits per heavy atom. The summed E-state index contributed by atoms with van der Waals surface area (Å²) < 4.78 is 16.2. The first-order chi connectivity index (χ1) is 13.0. The molecule has 1 N–H and O–H groups in total. The van der Waals surface area contributed by atoms with E-state index >= 15 is 0 Å². The summed E-state index contributed by atoms with van der Waals surface area (Å²) in [6, 6.07) is 13.1. The highest BCUT2D eigenvalue weighted by Gasteiger charge is 2.16. The maximum Gasteiger partial charge on any atom is 0.298 e. The lowest BCUT2D eigenvalue weighted by atomic mass is 10.2. The van der Waals surface area contributed by atoms with Gasteiger partial charge in [-0.3, -0.25) is 9.48 Å². The Morgan fingerprint density at radius 1 is 1.11 bits per heavy atom. The molecule has 0 aliphatic heterocycles. The molecule has 27 heavy (non-hydrogen) atoms. The van der Waals surface area contributed by atoms with Gasteiger partial charge < -0.3 is 5.43 Å². The number of nitrogens with one attached hydrogen (secondary N) is 1. The van der Waals surface area contributed by atoms with E-state index in [1.165, 1.54) is 27.7 Å². The normalized spacial score (nSPS) is 11.1. The minimum Gasteiger partial charge on any atom is -0.317 e. The Kier molecular flexibility index (Phi) is 4.37. The first-order valence-corrected chi connectivity index (χ1v) is 8.60. The summed E-state index contributed by atoms with van der Waals surface area (Å²) >= 11 is 5.92. The quantitative estimate of drug-likeness (QED) is 0.587. The average Bonchev–Trinajstić information content (AvgIpc) is 3.04. The van der Waals surface area contributed by atoms with Crippen molar-refractivity contribution in [3.63, 3.8) is 0 Å². The van der Waals surface area contributed by atoms with Crippen molar-refractivity contribution in [2.24, 2.45) is 7.05 Å². The smallest absolute Gasteiger partial charge is 0.298 e. The number of benzene rings is 2. The molecule has 0 saturated heterocycles. The van der Waals surface area contributed by atoms with Gasteiger partial charge in [0.05, 0.1) is 12.7 Å². The fourth-order valence-corrected chi connectivity index (χ4v) is 2.96. The molecule has 0 amide bonds. The minimum absolute atomic E-state index is 0.284. The van der Waals surface area contributed by atoms with Crippen LogP contribution in [0.2, 0.25) is 5.02 Å². The molecule has 2 aromatic carbocycles. The van der Waals surface area contributed by atoms with Gasteiger partial charge in [-0.2, -0.15) is 5.10 Å². The molecule has 4 aromatic rings. The van der Waals surface area contributed by atoms with E-state index in [2.05, 4.69) is 15.5 Å². The van der Waals surface area contributed by atoms with Gasteiger partial charge in [-0.05, 0) is 42.0 Å². The molecule has 8 heteroatoms. The summed E-state index contributed by atoms with van der Waals surface area (Å²) in [6.07, 6.45) is 1.54. The number of aromatic nitrogens is 4. The van der Waals surface area contributed by atoms with Gasteiger partial charge in [0.25, 0.3) is 5.56 Å². The number of fused-ring (bicyclic) bond motifs is 1. The molecule has 0 bridgehead atoms. The third-order valence-corrected chi connectivity index (χ3v) is 4.47. The van der Waals surface area contributed by atoms with E-state index in [0.29, 0.717) is 34.0 Å². The zero-order valence-corrected chi connectivity index (χ0v) is 15.1. The molecule has 0 atom stereocenters. The summed E-state index contributed by atoms with van der Waals surface area (Å²) in [7, 11) is 1.69. The van der Waals surface area contributed by atoms with Crippen LogP contribution in [0.15, 0.2) is 59.5 Å². The van der Waals surface area contributed by atoms with E-state index in [1.54, 1.807) is 31.3 Å². The van der Waals surface area contributed by atoms with Crippen molar-refractivity contribution in [3.05, 3.63) is 81.5 Å². The predicted molar refractivity (Wildman–Crippen MR) is 103 cm³/mol. The molecule has 6 nitrogen and oxygen atoms in total. The number of hydrogen-bond donors (Lipinski definition) is 1. The fourth-order valence-electron chi connectivity index (χ4n) is 2.83. The Bertz CT molecular complexity index is 1170. The van der Waals surface area contributed by atoms with Crippen LogP contribution in [-0.2, 0) is 13.6 Å². The molecule has 2 aromatic heterocycles. The van der Waals surface area contributed by atoms with E-state index in [0.717, 1.165) is 5.56 Å². The second kappa shape index (κ2) is 6.85. The van der Waals surface area contributed by atoms with Crippen molar-refractivity contribution in [1.29, 1.82) is 0 Å². The van der Waals surface area contributed by atoms with Gasteiger partial charge in [-0.1, -0.05) is 23.7 Å². The first-order valence-electron chi connectivity index (χ1n) is 8.22. The Hall–Kier alpha value is -3.19. The van der Waals surface area contributed by atoms with Gasteiger partial charge >= 0.3 is 0 Å². The van der Waals surface area contributed by atoms with Crippen LogP contribution >= 0.6 is 11.6 Å². The topological polar surface area (TPSA) is 64.7 Å². The molecule has 0 aliphatic rings. The maximum absolute atomic E-state index is 13.3. The van der Waals surface area contributed by atoms with E-state index in [1.807, 2.05) is 12.1 Å². The highest BCUT2D eigenvalue weighted by Crippen LogP contribution is 2.19. The van der Waals surface area contributed by atoms with Crippen LogP contribution in [0.4, 0.5) is 4.39 Å². The zero-order chi connectivity index (χ0) is 19.0. The van der Waals surface area contributed by atoms with Crippen molar-refractivity contribution in [2.75, 3.05) is 5.43 Å². The monoisotopic (exact) mass is 383 g/mol. The molecule has 136 valence electrons. The molecule has 0 radical (unpaired) electrons. The van der Waals surface area contributed by atoms with Gasteiger partial charge in [0.15, 0.2) is 11.3 Å². The summed E-state index contributed by atoms with van der Waals surface area (Å²) in [5.41, 5.74) is 5.24. The Balaban J connectivity index is 1.82. The van der Waals surface area contributed by atoms with Crippen LogP contribution in [-0.4, -0.2) is 19.4 Å². The second-order valence-corrected chi connectivity index (χ2v) is 6.48. The summed E-state index contributed by atoms with van der Waals surface area (Å²) in [6.45, 7) is 0.385. The lowest BCUT2D eigenvalue weighted by molar-refractivity contribution is 0.628. The Morgan fingerprint density at radius 3 is 2.52 bits per heavy atom. The van der Waals surface area contributed by atoms with Crippen molar-refractivity contribution >= 4 is 22.6 Å². The van der Waals surface area contributed by atoms with Crippen molar-refractivity contribution < 1.29 is 4.39 Å². The molecule has 0 spiro atoms. The maximum atomic E-state index is 13.3. The number of aryl methyl sites for hydroxylation is 1. The SMILES string of the molecule is Cn1ncc2nc(-c3ccc(F)cc3)n(NCc3ccc(Cl)cc3)c(=O)c21. The largest absolute Gasteiger partial charge is 0.317 e. The fraction of sp³-hybridized carbons (Fsp3) is 0.105. The summed E-state index contributed by atoms with van der Waals surface area (Å²) in [5, 5.41) is 4.75. The predicted octanol–water partition coefficient (Wildman–Crippen LogP) is 3.33. The van der Waals surface area contributed by atoms with Gasteiger partial charge in [0.2, 0.25) is 0 Å². The molecular weight excluding hydrogens is 369 g/mol. The molecule has 0 fully saturated rings. The van der Waals surface area contributed by atoms with Crippen LogP contribution in [0.25, 0.3) is 22.4 Å². The lowest BCUT2D eigenvalue weighted by Gasteiger charge is -2.15. The summed E-state index contributed by atoms with van der Waals surface area (Å²) in [5.74, 6) is 0.0266. The van der Waals surface area contributed by atoms with E-state index in [4.69, 9.17) is 11.6 Å². The van der Waals surface area contributed by atoms with Gasteiger partial charge in [0.1, 0.15) is 11.3 Å². The van der Waals surface area contributed by atoms with Crippen LogP contribution in [0.5, 0.6) is 0 Å². The van der Waals surface area contributed by atoms with Gasteiger partial charge in [-0.25, -0.2) is 14.1 Å². The molecular formula is C19H15ClFN5O. The van der Waals surface area contributed by atoms with Gasteiger partial charge in [0, 0.05) is 17.6 Å². The number of halogens is 2. The molecule has 0 unspecified atom stereocenters. The Labute approximate surface area is 158 Å². The molecule has 0 saturated carbocycles. The standard InChI is InChI=1S/C19H15ClFN5O/c1-25-17-16(11-22-25)24-18(13-4-8-15(21)9-5-13)26(19(17)27)23-10-12-2-6-14(20)7-3-12/h2-9,11,23H,10H2,1H3. The van der Waals surface area contributed by atoms with Gasteiger partial charge in [-0.15, -0.1) is 0 Å². The highest BCUT2D eigenvalue weighted by atomic mass is 35.5. The number of hydrogen-bond acceptors (Lipinski definition) is 4. The van der Waals surface area contributed by atoms with Crippen LogP contribution < -0.4 is 11.0 Å². The van der Waals surface area contributed by atoms with E-state index < -0.39 is 0 Å². The average molecular weight is 384 g/mol. The third kappa shape index (κ3) is 3.29. The lowest BCUT2D eigenvalue weighted by Crippen LogP contribution is -2.32. The zero-order valence-electron chi connectivity index (χ0n) is 14.4. The van der Waals surface area contributed by atoms with Crippen molar-refractivity contribution in [3.8, 4) is 11.4 Å². The first kappa shape index (κ1) is 17.2.